The maximum atomic E-state index is 12.1. The molecule has 0 fully saturated rings. The van der Waals surface area contributed by atoms with Crippen molar-refractivity contribution in [2.24, 2.45) is 0 Å². The molecule has 0 heterocycles. The maximum absolute atomic E-state index is 12.1. The predicted molar refractivity (Wildman–Crippen MR) is 80.7 cm³/mol. The number of aromatic hydroxyl groups is 1. The fourth-order valence-corrected chi connectivity index (χ4v) is 2.02. The second-order valence-corrected chi connectivity index (χ2v) is 4.67. The Morgan fingerprint density at radius 1 is 1.20 bits per heavy atom. The van der Waals surface area contributed by atoms with Crippen LogP contribution in [0, 0.1) is 0 Å². The number of para-hydroxylation sites is 1. The number of hydrogen-bond donors (Lipinski definition) is 2. The van der Waals surface area contributed by atoms with Gasteiger partial charge in [-0.3, -0.25) is 4.79 Å². The molecule has 4 heteroatoms. The van der Waals surface area contributed by atoms with E-state index in [1.807, 2.05) is 24.3 Å². The number of carbonyl (C=O) groups excluding carboxylic acids is 1. The Morgan fingerprint density at radius 2 is 1.95 bits per heavy atom. The van der Waals surface area contributed by atoms with E-state index in [0.717, 1.165) is 5.56 Å². The highest BCUT2D eigenvalue weighted by molar-refractivity contribution is 5.93. The third-order valence-corrected chi connectivity index (χ3v) is 3.25. The lowest BCUT2D eigenvalue weighted by Gasteiger charge is -2.17. The van der Waals surface area contributed by atoms with Crippen LogP contribution < -0.4 is 10.6 Å². The van der Waals surface area contributed by atoms with Gasteiger partial charge in [0.1, 0.15) is 5.75 Å². The monoisotopic (exact) mass is 270 g/mol. The highest BCUT2D eigenvalue weighted by atomic mass is 16.3. The van der Waals surface area contributed by atoms with E-state index in [1.54, 1.807) is 36.2 Å². The lowest BCUT2D eigenvalue weighted by molar-refractivity contribution is -0.118. The van der Waals surface area contributed by atoms with E-state index in [1.165, 1.54) is 0 Å². The number of nitrogens with zero attached hydrogens (tertiary/aromatic N) is 1. The molecule has 2 rings (SSSR count). The van der Waals surface area contributed by atoms with Gasteiger partial charge in [-0.2, -0.15) is 0 Å². The molecule has 3 N–H and O–H groups in total. The van der Waals surface area contributed by atoms with Crippen LogP contribution in [0.25, 0.3) is 0 Å². The van der Waals surface area contributed by atoms with Crippen molar-refractivity contribution >= 4 is 17.3 Å². The molecule has 0 radical (unpaired) electrons. The molecule has 0 bridgehead atoms. The molecule has 20 heavy (non-hydrogen) atoms. The number of aryl methyl sites for hydroxylation is 1. The first-order valence-corrected chi connectivity index (χ1v) is 6.47. The fraction of sp³-hybridized carbons (Fsp3) is 0.188. The molecule has 0 saturated carbocycles. The van der Waals surface area contributed by atoms with Crippen LogP contribution in [-0.4, -0.2) is 18.1 Å². The highest BCUT2D eigenvalue weighted by Crippen LogP contribution is 2.20. The zero-order valence-corrected chi connectivity index (χ0v) is 11.4. The Morgan fingerprint density at radius 3 is 2.65 bits per heavy atom. The van der Waals surface area contributed by atoms with Gasteiger partial charge in [0.25, 0.3) is 0 Å². The summed E-state index contributed by atoms with van der Waals surface area (Å²) in [6.45, 7) is 0. The second kappa shape index (κ2) is 6.10. The molecule has 0 atom stereocenters. The summed E-state index contributed by atoms with van der Waals surface area (Å²) in [5.74, 6) is 0.133. The van der Waals surface area contributed by atoms with Crippen molar-refractivity contribution in [2.75, 3.05) is 17.7 Å². The van der Waals surface area contributed by atoms with Gasteiger partial charge in [-0.1, -0.05) is 24.3 Å². The lowest BCUT2D eigenvalue weighted by Crippen LogP contribution is -2.26. The van der Waals surface area contributed by atoms with Crippen LogP contribution in [0.2, 0.25) is 0 Å². The Bertz CT molecular complexity index is 611. The minimum absolute atomic E-state index is 0.0150. The maximum Gasteiger partial charge on any atom is 0.227 e. The third kappa shape index (κ3) is 3.29. The topological polar surface area (TPSA) is 66.6 Å². The molecular weight excluding hydrogens is 252 g/mol. The zero-order chi connectivity index (χ0) is 14.5. The standard InChI is InChI=1S/C16H18N2O2/c1-18(13-6-4-7-14(19)11-13)16(20)10-9-12-5-2-3-8-15(12)17/h2-8,11,19H,9-10,17H2,1H3. The summed E-state index contributed by atoms with van der Waals surface area (Å²) in [6.07, 6.45) is 0.981. The highest BCUT2D eigenvalue weighted by Gasteiger charge is 2.12. The quantitative estimate of drug-likeness (QED) is 0.839. The number of phenols is 1. The molecule has 0 aliphatic carbocycles. The predicted octanol–water partition coefficient (Wildman–Crippen LogP) is 2.57. The van der Waals surface area contributed by atoms with Crippen molar-refractivity contribution in [3.8, 4) is 5.75 Å². The number of hydrogen-bond acceptors (Lipinski definition) is 3. The molecule has 104 valence electrons. The molecule has 0 aromatic heterocycles. The van der Waals surface area contributed by atoms with E-state index in [9.17, 15) is 9.90 Å². The number of anilines is 2. The van der Waals surface area contributed by atoms with E-state index >= 15 is 0 Å². The number of nitrogens with two attached hydrogens (primary N) is 1. The van der Waals surface area contributed by atoms with Crippen LogP contribution in [0.15, 0.2) is 48.5 Å². The largest absolute Gasteiger partial charge is 0.508 e. The number of phenolic OH excluding ortho intramolecular Hbond substituents is 1. The number of carbonyl (C=O) groups is 1. The van der Waals surface area contributed by atoms with Gasteiger partial charge in [-0.05, 0) is 30.2 Å². The van der Waals surface area contributed by atoms with Gasteiger partial charge in [-0.25, -0.2) is 0 Å². The van der Waals surface area contributed by atoms with Crippen LogP contribution >= 0.6 is 0 Å². The van der Waals surface area contributed by atoms with E-state index in [0.29, 0.717) is 24.2 Å². The first-order chi connectivity index (χ1) is 9.58. The molecule has 2 aromatic rings. The number of benzene rings is 2. The Kier molecular flexibility index (Phi) is 4.25. The SMILES string of the molecule is CN(C(=O)CCc1ccccc1N)c1cccc(O)c1. The molecule has 2 aromatic carbocycles. The minimum Gasteiger partial charge on any atom is -0.508 e. The van der Waals surface area contributed by atoms with Gasteiger partial charge in [0, 0.05) is 30.9 Å². The van der Waals surface area contributed by atoms with Crippen LogP contribution in [0.5, 0.6) is 5.75 Å². The smallest absolute Gasteiger partial charge is 0.227 e. The lowest BCUT2D eigenvalue weighted by atomic mass is 10.1. The summed E-state index contributed by atoms with van der Waals surface area (Å²) in [4.78, 5) is 13.7. The Labute approximate surface area is 118 Å². The summed E-state index contributed by atoms with van der Waals surface area (Å²) < 4.78 is 0. The van der Waals surface area contributed by atoms with Crippen molar-refractivity contribution in [3.05, 3.63) is 54.1 Å². The molecule has 0 spiro atoms. The normalized spacial score (nSPS) is 10.2. The molecule has 0 unspecified atom stereocenters. The van der Waals surface area contributed by atoms with Crippen LogP contribution in [0.4, 0.5) is 11.4 Å². The Hall–Kier alpha value is -2.49. The molecule has 0 aliphatic heterocycles. The van der Waals surface area contributed by atoms with Gasteiger partial charge in [0.15, 0.2) is 0 Å². The Balaban J connectivity index is 2.00. The van der Waals surface area contributed by atoms with Gasteiger partial charge >= 0.3 is 0 Å². The summed E-state index contributed by atoms with van der Waals surface area (Å²) in [5.41, 5.74) is 8.22. The van der Waals surface area contributed by atoms with Gasteiger partial charge in [0.2, 0.25) is 5.91 Å². The number of amides is 1. The zero-order valence-electron chi connectivity index (χ0n) is 11.4. The summed E-state index contributed by atoms with van der Waals surface area (Å²) >= 11 is 0. The summed E-state index contributed by atoms with van der Waals surface area (Å²) in [6, 6.07) is 14.2. The van der Waals surface area contributed by atoms with Gasteiger partial charge < -0.3 is 15.7 Å². The van der Waals surface area contributed by atoms with Crippen molar-refractivity contribution in [1.82, 2.24) is 0 Å². The van der Waals surface area contributed by atoms with E-state index < -0.39 is 0 Å². The van der Waals surface area contributed by atoms with Crippen LogP contribution in [0.1, 0.15) is 12.0 Å². The van der Waals surface area contributed by atoms with E-state index in [2.05, 4.69) is 0 Å². The van der Waals surface area contributed by atoms with Crippen molar-refractivity contribution < 1.29 is 9.90 Å². The molecular formula is C16H18N2O2. The van der Waals surface area contributed by atoms with Gasteiger partial charge in [-0.15, -0.1) is 0 Å². The van der Waals surface area contributed by atoms with Crippen LogP contribution in [0.3, 0.4) is 0 Å². The van der Waals surface area contributed by atoms with Crippen molar-refractivity contribution in [1.29, 1.82) is 0 Å². The average molecular weight is 270 g/mol. The van der Waals surface area contributed by atoms with Gasteiger partial charge in [0.05, 0.1) is 0 Å². The summed E-state index contributed by atoms with van der Waals surface area (Å²) in [7, 11) is 1.70. The molecule has 1 amide bonds. The fourth-order valence-electron chi connectivity index (χ4n) is 2.02. The van der Waals surface area contributed by atoms with Crippen LogP contribution in [-0.2, 0) is 11.2 Å². The van der Waals surface area contributed by atoms with E-state index in [4.69, 9.17) is 5.73 Å². The second-order valence-electron chi connectivity index (χ2n) is 4.67. The first-order valence-electron chi connectivity index (χ1n) is 6.47. The number of nitrogen functional groups attached to an aromatic ring is 1. The molecule has 0 aliphatic rings. The van der Waals surface area contributed by atoms with Crippen molar-refractivity contribution in [2.45, 2.75) is 12.8 Å². The molecule has 4 nitrogen and oxygen atoms in total. The minimum atomic E-state index is -0.0150. The summed E-state index contributed by atoms with van der Waals surface area (Å²) in [5, 5.41) is 9.43. The average Bonchev–Trinajstić information content (AvgIpc) is 2.45. The first kappa shape index (κ1) is 13.9. The number of rotatable bonds is 4. The third-order valence-electron chi connectivity index (χ3n) is 3.25. The molecule has 0 saturated heterocycles. The van der Waals surface area contributed by atoms with E-state index in [-0.39, 0.29) is 11.7 Å². The van der Waals surface area contributed by atoms with Crippen molar-refractivity contribution in [3.63, 3.8) is 0 Å².